The van der Waals surface area contributed by atoms with Crippen LogP contribution in [0.1, 0.15) is 6.42 Å². The topological polar surface area (TPSA) is 35.2 Å². The second-order valence-electron chi connectivity index (χ2n) is 2.98. The number of nitrogens with two attached hydrogens (primary N) is 1. The fraction of sp³-hybridized carbons (Fsp3) is 1.00. The molecule has 1 unspecified atom stereocenters. The lowest BCUT2D eigenvalue weighted by Gasteiger charge is -2.03. The molecule has 0 spiro atoms. The monoisotopic (exact) mass is 113 g/mol. The van der Waals surface area contributed by atoms with Crippen LogP contribution in [-0.4, -0.2) is 19.8 Å². The molecular weight excluding hydrogens is 102 g/mol. The van der Waals surface area contributed by atoms with Gasteiger partial charge in [-0.05, 0) is 12.3 Å². The van der Waals surface area contributed by atoms with Gasteiger partial charge in [0.05, 0.1) is 13.2 Å². The maximum Gasteiger partial charge on any atom is 0.0538 e. The predicted molar refractivity (Wildman–Crippen MR) is 30.4 cm³/mol. The third-order valence-corrected chi connectivity index (χ3v) is 2.47. The number of rotatable bonds is 1. The molecule has 1 aliphatic heterocycles. The molecule has 1 saturated carbocycles. The maximum absolute atomic E-state index is 5.53. The lowest BCUT2D eigenvalue weighted by molar-refractivity contribution is 0.148. The van der Waals surface area contributed by atoms with Gasteiger partial charge in [0, 0.05) is 12.0 Å². The molecule has 8 heavy (non-hydrogen) atoms. The van der Waals surface area contributed by atoms with E-state index in [2.05, 4.69) is 0 Å². The molecular formula is C6H11NO. The Bertz CT molecular complexity index is 111. The summed E-state index contributed by atoms with van der Waals surface area (Å²) < 4.78 is 5.22. The highest BCUT2D eigenvalue weighted by atomic mass is 16.5. The average Bonchev–Trinajstić information content (AvgIpc) is 2.38. The van der Waals surface area contributed by atoms with Crippen molar-refractivity contribution in [1.29, 1.82) is 0 Å². The van der Waals surface area contributed by atoms with E-state index < -0.39 is 0 Å². The zero-order chi connectivity index (χ0) is 5.61. The van der Waals surface area contributed by atoms with E-state index >= 15 is 0 Å². The van der Waals surface area contributed by atoms with Gasteiger partial charge in [-0.25, -0.2) is 0 Å². The summed E-state index contributed by atoms with van der Waals surface area (Å²) in [5.41, 5.74) is 5.99. The van der Waals surface area contributed by atoms with Gasteiger partial charge in [0.2, 0.25) is 0 Å². The molecule has 0 radical (unpaired) electrons. The summed E-state index contributed by atoms with van der Waals surface area (Å²) in [7, 11) is 0. The van der Waals surface area contributed by atoms with Crippen molar-refractivity contribution in [3.8, 4) is 0 Å². The quantitative estimate of drug-likeness (QED) is 0.518. The molecule has 1 heterocycles. The Hall–Kier alpha value is -0.0800. The van der Waals surface area contributed by atoms with E-state index in [0.717, 1.165) is 25.7 Å². The Morgan fingerprint density at radius 3 is 2.88 bits per heavy atom. The fourth-order valence-corrected chi connectivity index (χ4v) is 1.56. The van der Waals surface area contributed by atoms with Crippen LogP contribution in [0.15, 0.2) is 0 Å². The van der Waals surface area contributed by atoms with Gasteiger partial charge in [0.25, 0.3) is 0 Å². The van der Waals surface area contributed by atoms with E-state index in [9.17, 15) is 0 Å². The second-order valence-corrected chi connectivity index (χ2v) is 2.98. The predicted octanol–water partition coefficient (Wildman–Crippen LogP) is -0.0184. The van der Waals surface area contributed by atoms with Gasteiger partial charge in [0.1, 0.15) is 0 Å². The minimum Gasteiger partial charge on any atom is -0.380 e. The van der Waals surface area contributed by atoms with Gasteiger partial charge in [-0.3, -0.25) is 0 Å². The van der Waals surface area contributed by atoms with E-state index in [-0.39, 0.29) is 0 Å². The first-order chi connectivity index (χ1) is 3.87. The molecule has 46 valence electrons. The molecule has 2 aliphatic rings. The van der Waals surface area contributed by atoms with Crippen LogP contribution in [0.5, 0.6) is 0 Å². The summed E-state index contributed by atoms with van der Waals surface area (Å²) in [5, 5.41) is 0. The van der Waals surface area contributed by atoms with Crippen molar-refractivity contribution < 1.29 is 4.74 Å². The van der Waals surface area contributed by atoms with Gasteiger partial charge >= 0.3 is 0 Å². The Morgan fingerprint density at radius 2 is 2.62 bits per heavy atom. The van der Waals surface area contributed by atoms with Crippen molar-refractivity contribution >= 4 is 0 Å². The molecule has 0 aromatic heterocycles. The van der Waals surface area contributed by atoms with Crippen molar-refractivity contribution in [2.75, 3.05) is 19.8 Å². The van der Waals surface area contributed by atoms with E-state index in [0.29, 0.717) is 5.41 Å². The normalized spacial score (nSPS) is 51.4. The van der Waals surface area contributed by atoms with Gasteiger partial charge in [-0.1, -0.05) is 0 Å². The molecule has 2 rings (SSSR count). The standard InChI is InChI=1S/C6H11NO/c7-3-6-1-5(6)2-8-4-6/h5H,1-4,7H2/t5?,6-/m0/s1. The highest BCUT2D eigenvalue weighted by molar-refractivity contribution is 5.06. The fourth-order valence-electron chi connectivity index (χ4n) is 1.56. The summed E-state index contributed by atoms with van der Waals surface area (Å²) in [6.07, 6.45) is 1.32. The molecule has 1 saturated heterocycles. The highest BCUT2D eigenvalue weighted by Crippen LogP contribution is 2.55. The van der Waals surface area contributed by atoms with Crippen molar-refractivity contribution in [2.45, 2.75) is 6.42 Å². The third kappa shape index (κ3) is 0.400. The van der Waals surface area contributed by atoms with Gasteiger partial charge in [0.15, 0.2) is 0 Å². The van der Waals surface area contributed by atoms with E-state index in [1.165, 1.54) is 6.42 Å². The number of hydrogen-bond donors (Lipinski definition) is 1. The first-order valence-electron chi connectivity index (χ1n) is 3.15. The maximum atomic E-state index is 5.53. The second kappa shape index (κ2) is 1.25. The van der Waals surface area contributed by atoms with Gasteiger partial charge in [-0.2, -0.15) is 0 Å². The van der Waals surface area contributed by atoms with Crippen LogP contribution in [0.2, 0.25) is 0 Å². The summed E-state index contributed by atoms with van der Waals surface area (Å²) in [6.45, 7) is 2.73. The van der Waals surface area contributed by atoms with Crippen LogP contribution in [0.4, 0.5) is 0 Å². The smallest absolute Gasteiger partial charge is 0.0538 e. The zero-order valence-electron chi connectivity index (χ0n) is 4.89. The Labute approximate surface area is 49.0 Å². The van der Waals surface area contributed by atoms with Crippen molar-refractivity contribution in [3.63, 3.8) is 0 Å². The Morgan fingerprint density at radius 1 is 1.75 bits per heavy atom. The molecule has 2 N–H and O–H groups in total. The number of hydrogen-bond acceptors (Lipinski definition) is 2. The van der Waals surface area contributed by atoms with Crippen LogP contribution < -0.4 is 5.73 Å². The van der Waals surface area contributed by atoms with Crippen molar-refractivity contribution in [3.05, 3.63) is 0 Å². The van der Waals surface area contributed by atoms with Crippen LogP contribution in [-0.2, 0) is 4.74 Å². The van der Waals surface area contributed by atoms with Gasteiger partial charge < -0.3 is 10.5 Å². The average molecular weight is 113 g/mol. The third-order valence-electron chi connectivity index (χ3n) is 2.47. The summed E-state index contributed by atoms with van der Waals surface area (Å²) in [6, 6.07) is 0. The zero-order valence-corrected chi connectivity index (χ0v) is 4.89. The molecule has 2 heteroatoms. The molecule has 0 aromatic carbocycles. The molecule has 1 aliphatic carbocycles. The molecule has 0 bridgehead atoms. The lowest BCUT2D eigenvalue weighted by Crippen LogP contribution is -2.18. The van der Waals surface area contributed by atoms with E-state index in [4.69, 9.17) is 10.5 Å². The number of ether oxygens (including phenoxy) is 1. The first kappa shape index (κ1) is 4.77. The lowest BCUT2D eigenvalue weighted by atomic mass is 10.1. The van der Waals surface area contributed by atoms with Crippen LogP contribution in [0.25, 0.3) is 0 Å². The molecule has 0 amide bonds. The molecule has 2 atom stereocenters. The largest absolute Gasteiger partial charge is 0.380 e. The van der Waals surface area contributed by atoms with Crippen molar-refractivity contribution in [2.24, 2.45) is 17.1 Å². The highest BCUT2D eigenvalue weighted by Gasteiger charge is 2.56. The van der Waals surface area contributed by atoms with E-state index in [1.54, 1.807) is 0 Å². The Balaban J connectivity index is 2.08. The van der Waals surface area contributed by atoms with Crippen LogP contribution in [0, 0.1) is 11.3 Å². The minimum absolute atomic E-state index is 0.458. The van der Waals surface area contributed by atoms with Gasteiger partial charge in [-0.15, -0.1) is 0 Å². The van der Waals surface area contributed by atoms with Crippen molar-refractivity contribution in [1.82, 2.24) is 0 Å². The van der Waals surface area contributed by atoms with E-state index in [1.807, 2.05) is 0 Å². The molecule has 2 fully saturated rings. The Kier molecular flexibility index (Phi) is 0.746. The number of fused-ring (bicyclic) bond motifs is 1. The summed E-state index contributed by atoms with van der Waals surface area (Å²) >= 11 is 0. The molecule has 2 nitrogen and oxygen atoms in total. The summed E-state index contributed by atoms with van der Waals surface area (Å²) in [4.78, 5) is 0. The molecule has 0 aromatic rings. The SMILES string of the molecule is NC[C@@]12COCC1C2. The first-order valence-corrected chi connectivity index (χ1v) is 3.15. The minimum atomic E-state index is 0.458. The van der Waals surface area contributed by atoms with Crippen LogP contribution in [0.3, 0.4) is 0 Å². The summed E-state index contributed by atoms with van der Waals surface area (Å²) in [5.74, 6) is 0.826. The van der Waals surface area contributed by atoms with Crippen LogP contribution >= 0.6 is 0 Å².